The SMILES string of the molecule is N#Cc1nc(C2CCC(O)CC2)n2ccccc12. The summed E-state index contributed by atoms with van der Waals surface area (Å²) in [5, 5.41) is 18.7. The molecule has 2 heterocycles. The van der Waals surface area contributed by atoms with Crippen molar-refractivity contribution in [1.82, 2.24) is 9.38 Å². The third-order valence-electron chi connectivity index (χ3n) is 3.74. The van der Waals surface area contributed by atoms with Crippen molar-refractivity contribution in [2.75, 3.05) is 0 Å². The predicted octanol–water partition coefficient (Wildman–Crippen LogP) is 2.22. The lowest BCUT2D eigenvalue weighted by Crippen LogP contribution is -2.18. The van der Waals surface area contributed by atoms with Crippen molar-refractivity contribution in [3.63, 3.8) is 0 Å². The molecule has 1 aliphatic carbocycles. The van der Waals surface area contributed by atoms with E-state index in [2.05, 4.69) is 11.1 Å². The summed E-state index contributed by atoms with van der Waals surface area (Å²) in [5.41, 5.74) is 1.37. The number of aromatic nitrogens is 2. The summed E-state index contributed by atoms with van der Waals surface area (Å²) in [6, 6.07) is 7.96. The molecule has 1 aliphatic rings. The summed E-state index contributed by atoms with van der Waals surface area (Å²) >= 11 is 0. The molecule has 4 nitrogen and oxygen atoms in total. The van der Waals surface area contributed by atoms with Crippen molar-refractivity contribution < 1.29 is 5.11 Å². The van der Waals surface area contributed by atoms with E-state index in [1.165, 1.54) is 0 Å². The lowest BCUT2D eigenvalue weighted by Gasteiger charge is -2.24. The van der Waals surface area contributed by atoms with Gasteiger partial charge in [-0.2, -0.15) is 5.26 Å². The molecule has 1 fully saturated rings. The lowest BCUT2D eigenvalue weighted by molar-refractivity contribution is 0.121. The van der Waals surface area contributed by atoms with Gasteiger partial charge in [0.1, 0.15) is 11.9 Å². The van der Waals surface area contributed by atoms with Crippen molar-refractivity contribution in [2.24, 2.45) is 0 Å². The van der Waals surface area contributed by atoms with Crippen LogP contribution < -0.4 is 0 Å². The zero-order chi connectivity index (χ0) is 12.5. The Morgan fingerprint density at radius 2 is 2.06 bits per heavy atom. The standard InChI is InChI=1S/C14H15N3O/c15-9-12-13-3-1-2-8-17(13)14(16-12)10-4-6-11(18)7-5-10/h1-3,8,10-11,18H,4-7H2. The fraction of sp³-hybridized carbons (Fsp3) is 0.429. The number of aliphatic hydroxyl groups is 1. The molecular formula is C14H15N3O. The molecule has 92 valence electrons. The number of rotatable bonds is 1. The van der Waals surface area contributed by atoms with Crippen molar-refractivity contribution in [2.45, 2.75) is 37.7 Å². The Bertz CT molecular complexity index is 603. The third kappa shape index (κ3) is 1.77. The third-order valence-corrected chi connectivity index (χ3v) is 3.74. The highest BCUT2D eigenvalue weighted by Crippen LogP contribution is 2.33. The maximum atomic E-state index is 9.56. The number of nitrogens with zero attached hydrogens (tertiary/aromatic N) is 3. The van der Waals surface area contributed by atoms with Crippen LogP contribution in [0.5, 0.6) is 0 Å². The normalized spacial score (nSPS) is 24.0. The minimum absolute atomic E-state index is 0.164. The quantitative estimate of drug-likeness (QED) is 0.832. The Balaban J connectivity index is 2.04. The minimum atomic E-state index is -0.164. The van der Waals surface area contributed by atoms with Crippen LogP contribution >= 0.6 is 0 Å². The van der Waals surface area contributed by atoms with Crippen LogP contribution in [0.25, 0.3) is 5.52 Å². The van der Waals surface area contributed by atoms with Gasteiger partial charge in [-0.25, -0.2) is 4.98 Å². The van der Waals surface area contributed by atoms with Gasteiger partial charge in [-0.05, 0) is 37.8 Å². The highest BCUT2D eigenvalue weighted by Gasteiger charge is 2.25. The van der Waals surface area contributed by atoms with E-state index in [0.717, 1.165) is 37.0 Å². The van der Waals surface area contributed by atoms with E-state index in [1.807, 2.05) is 28.8 Å². The van der Waals surface area contributed by atoms with Gasteiger partial charge in [0.2, 0.25) is 0 Å². The Hall–Kier alpha value is -1.86. The molecule has 2 aromatic rings. The molecule has 0 aliphatic heterocycles. The van der Waals surface area contributed by atoms with E-state index in [4.69, 9.17) is 5.26 Å². The average molecular weight is 241 g/mol. The summed E-state index contributed by atoms with van der Waals surface area (Å²) in [6.45, 7) is 0. The molecule has 0 radical (unpaired) electrons. The monoisotopic (exact) mass is 241 g/mol. The van der Waals surface area contributed by atoms with Gasteiger partial charge < -0.3 is 9.51 Å². The average Bonchev–Trinajstić information content (AvgIpc) is 2.79. The Morgan fingerprint density at radius 1 is 1.28 bits per heavy atom. The van der Waals surface area contributed by atoms with Crippen LogP contribution in [0.3, 0.4) is 0 Å². The number of aliphatic hydroxyl groups excluding tert-OH is 1. The first-order chi connectivity index (χ1) is 8.79. The van der Waals surface area contributed by atoms with Gasteiger partial charge in [-0.15, -0.1) is 0 Å². The Morgan fingerprint density at radius 3 is 2.78 bits per heavy atom. The number of hydrogen-bond donors (Lipinski definition) is 1. The second kappa shape index (κ2) is 4.43. The van der Waals surface area contributed by atoms with Gasteiger partial charge in [0.25, 0.3) is 0 Å². The molecule has 0 amide bonds. The Kier molecular flexibility index (Phi) is 2.77. The van der Waals surface area contributed by atoms with E-state index in [-0.39, 0.29) is 6.10 Å². The highest BCUT2D eigenvalue weighted by molar-refractivity contribution is 5.58. The first kappa shape index (κ1) is 11.2. The molecule has 0 saturated heterocycles. The second-order valence-corrected chi connectivity index (χ2v) is 4.89. The zero-order valence-electron chi connectivity index (χ0n) is 10.1. The van der Waals surface area contributed by atoms with Crippen LogP contribution in [0.2, 0.25) is 0 Å². The van der Waals surface area contributed by atoms with Crippen molar-refractivity contribution in [3.8, 4) is 6.07 Å². The van der Waals surface area contributed by atoms with Gasteiger partial charge in [-0.3, -0.25) is 0 Å². The molecule has 18 heavy (non-hydrogen) atoms. The van der Waals surface area contributed by atoms with Gasteiger partial charge in [0.05, 0.1) is 11.6 Å². The molecule has 1 saturated carbocycles. The molecule has 0 spiro atoms. The minimum Gasteiger partial charge on any atom is -0.393 e. The molecule has 1 N–H and O–H groups in total. The van der Waals surface area contributed by atoms with E-state index in [1.54, 1.807) is 0 Å². The molecular weight excluding hydrogens is 226 g/mol. The summed E-state index contributed by atoms with van der Waals surface area (Å²) in [6.07, 6.45) is 5.34. The smallest absolute Gasteiger partial charge is 0.166 e. The highest BCUT2D eigenvalue weighted by atomic mass is 16.3. The van der Waals surface area contributed by atoms with Gasteiger partial charge in [0.15, 0.2) is 5.69 Å². The van der Waals surface area contributed by atoms with E-state index in [9.17, 15) is 5.11 Å². The van der Waals surface area contributed by atoms with E-state index >= 15 is 0 Å². The summed E-state index contributed by atoms with van der Waals surface area (Å²) in [7, 11) is 0. The number of nitriles is 1. The fourth-order valence-electron chi connectivity index (χ4n) is 2.77. The van der Waals surface area contributed by atoms with Crippen molar-refractivity contribution >= 4 is 5.52 Å². The largest absolute Gasteiger partial charge is 0.393 e. The number of hydrogen-bond acceptors (Lipinski definition) is 3. The molecule has 0 aromatic carbocycles. The molecule has 4 heteroatoms. The van der Waals surface area contributed by atoms with Gasteiger partial charge in [0, 0.05) is 12.1 Å². The maximum absolute atomic E-state index is 9.56. The molecule has 2 aromatic heterocycles. The van der Waals surface area contributed by atoms with E-state index < -0.39 is 0 Å². The van der Waals surface area contributed by atoms with Crippen LogP contribution in [-0.2, 0) is 0 Å². The van der Waals surface area contributed by atoms with Crippen molar-refractivity contribution in [1.29, 1.82) is 5.26 Å². The zero-order valence-corrected chi connectivity index (χ0v) is 10.1. The van der Waals surface area contributed by atoms with Crippen LogP contribution in [-0.4, -0.2) is 20.6 Å². The topological polar surface area (TPSA) is 61.3 Å². The molecule has 0 atom stereocenters. The first-order valence-electron chi connectivity index (χ1n) is 6.34. The number of pyridine rings is 1. The molecule has 0 bridgehead atoms. The maximum Gasteiger partial charge on any atom is 0.166 e. The van der Waals surface area contributed by atoms with Crippen LogP contribution in [0.1, 0.15) is 43.1 Å². The first-order valence-corrected chi connectivity index (χ1v) is 6.34. The molecule has 3 rings (SSSR count). The lowest BCUT2D eigenvalue weighted by atomic mass is 9.87. The molecule has 0 unspecified atom stereocenters. The Labute approximate surface area is 106 Å². The summed E-state index contributed by atoms with van der Waals surface area (Å²) in [5.74, 6) is 1.32. The van der Waals surface area contributed by atoms with Crippen LogP contribution in [0.15, 0.2) is 24.4 Å². The van der Waals surface area contributed by atoms with Gasteiger partial charge >= 0.3 is 0 Å². The predicted molar refractivity (Wildman–Crippen MR) is 67.1 cm³/mol. The fourth-order valence-corrected chi connectivity index (χ4v) is 2.77. The van der Waals surface area contributed by atoms with Crippen molar-refractivity contribution in [3.05, 3.63) is 35.9 Å². The van der Waals surface area contributed by atoms with Gasteiger partial charge in [-0.1, -0.05) is 6.07 Å². The summed E-state index contributed by atoms with van der Waals surface area (Å²) in [4.78, 5) is 4.48. The van der Waals surface area contributed by atoms with Crippen LogP contribution in [0, 0.1) is 11.3 Å². The summed E-state index contributed by atoms with van der Waals surface area (Å²) < 4.78 is 2.01. The number of imidazole rings is 1. The second-order valence-electron chi connectivity index (χ2n) is 4.89. The number of fused-ring (bicyclic) bond motifs is 1. The van der Waals surface area contributed by atoms with Crippen LogP contribution in [0.4, 0.5) is 0 Å². The van der Waals surface area contributed by atoms with E-state index in [0.29, 0.717) is 11.6 Å².